The van der Waals surface area contributed by atoms with Crippen LogP contribution < -0.4 is 11.1 Å². The van der Waals surface area contributed by atoms with Crippen molar-refractivity contribution in [1.29, 1.82) is 0 Å². The molecule has 2 unspecified atom stereocenters. The Bertz CT molecular complexity index is 454. The van der Waals surface area contributed by atoms with Crippen LogP contribution in [0.4, 0.5) is 5.69 Å². The van der Waals surface area contributed by atoms with E-state index in [1.165, 1.54) is 5.56 Å². The third kappa shape index (κ3) is 2.71. The topological polar surface area (TPSA) is 58.4 Å². The summed E-state index contributed by atoms with van der Waals surface area (Å²) < 4.78 is 0. The van der Waals surface area contributed by atoms with Crippen LogP contribution in [0.25, 0.3) is 0 Å². The fourth-order valence-corrected chi connectivity index (χ4v) is 2.45. The second-order valence-corrected chi connectivity index (χ2v) is 5.33. The number of nitrogens with zero attached hydrogens (tertiary/aromatic N) is 1. The van der Waals surface area contributed by atoms with Gasteiger partial charge in [0.1, 0.15) is 0 Å². The van der Waals surface area contributed by atoms with Gasteiger partial charge in [-0.15, -0.1) is 0 Å². The molecule has 0 fully saturated rings. The highest BCUT2D eigenvalue weighted by atomic mass is 16.1. The molecule has 3 N–H and O–H groups in total. The second kappa shape index (κ2) is 5.08. The number of nitrogens with two attached hydrogens (primary N) is 1. The van der Waals surface area contributed by atoms with Crippen molar-refractivity contribution >= 4 is 11.6 Å². The summed E-state index contributed by atoms with van der Waals surface area (Å²) in [6.45, 7) is 2.02. The fraction of sp³-hybridized carbons (Fsp3) is 0.500. The zero-order chi connectivity index (χ0) is 13.3. The van der Waals surface area contributed by atoms with E-state index in [2.05, 4.69) is 36.4 Å². The van der Waals surface area contributed by atoms with Gasteiger partial charge in [0.05, 0.1) is 6.42 Å². The number of carbonyl (C=O) groups excluding carboxylic acids is 1. The molecule has 1 heterocycles. The van der Waals surface area contributed by atoms with Crippen LogP contribution in [-0.2, 0) is 11.2 Å². The van der Waals surface area contributed by atoms with Gasteiger partial charge >= 0.3 is 0 Å². The molecule has 1 aromatic rings. The van der Waals surface area contributed by atoms with Gasteiger partial charge in [-0.25, -0.2) is 0 Å². The molecule has 4 nitrogen and oxygen atoms in total. The van der Waals surface area contributed by atoms with Crippen LogP contribution in [0.15, 0.2) is 18.2 Å². The van der Waals surface area contributed by atoms with E-state index in [-0.39, 0.29) is 11.9 Å². The number of rotatable bonds is 4. The summed E-state index contributed by atoms with van der Waals surface area (Å²) in [5, 5.41) is 2.86. The summed E-state index contributed by atoms with van der Waals surface area (Å²) in [4.78, 5) is 13.5. The molecule has 0 aromatic heterocycles. The van der Waals surface area contributed by atoms with Crippen molar-refractivity contribution in [3.63, 3.8) is 0 Å². The Labute approximate surface area is 108 Å². The number of anilines is 1. The first-order valence-electron chi connectivity index (χ1n) is 6.32. The van der Waals surface area contributed by atoms with Crippen molar-refractivity contribution in [2.24, 2.45) is 5.73 Å². The van der Waals surface area contributed by atoms with Gasteiger partial charge in [0.15, 0.2) is 0 Å². The maximum Gasteiger partial charge on any atom is 0.228 e. The smallest absolute Gasteiger partial charge is 0.228 e. The standard InChI is InChI=1S/C14H21N3O/c1-9(15)6-13(17(2)3)10-4-5-12-11(7-10)8-14(18)16-12/h4-5,7,9,13H,6,8,15H2,1-3H3,(H,16,18). The highest BCUT2D eigenvalue weighted by Gasteiger charge is 2.21. The van der Waals surface area contributed by atoms with Crippen molar-refractivity contribution in [1.82, 2.24) is 4.90 Å². The SMILES string of the molecule is CC(N)CC(c1ccc2c(c1)CC(=O)N2)N(C)C. The van der Waals surface area contributed by atoms with Gasteiger partial charge in [0.2, 0.25) is 5.91 Å². The van der Waals surface area contributed by atoms with Gasteiger partial charge < -0.3 is 16.0 Å². The molecule has 1 amide bonds. The second-order valence-electron chi connectivity index (χ2n) is 5.33. The molecule has 4 heteroatoms. The number of carbonyl (C=O) groups is 1. The number of hydrogen-bond acceptors (Lipinski definition) is 3. The Morgan fingerprint density at radius 2 is 2.17 bits per heavy atom. The molecule has 18 heavy (non-hydrogen) atoms. The molecule has 98 valence electrons. The highest BCUT2D eigenvalue weighted by Crippen LogP contribution is 2.29. The molecule has 1 aliphatic heterocycles. The lowest BCUT2D eigenvalue weighted by Crippen LogP contribution is -2.27. The van der Waals surface area contributed by atoms with Gasteiger partial charge in [0, 0.05) is 17.8 Å². The molecule has 2 rings (SSSR count). The van der Waals surface area contributed by atoms with Crippen LogP contribution in [-0.4, -0.2) is 30.9 Å². The summed E-state index contributed by atoms with van der Waals surface area (Å²) >= 11 is 0. The van der Waals surface area contributed by atoms with Crippen molar-refractivity contribution < 1.29 is 4.79 Å². The van der Waals surface area contributed by atoms with Gasteiger partial charge in [-0.2, -0.15) is 0 Å². The van der Waals surface area contributed by atoms with Gasteiger partial charge in [-0.05, 0) is 44.6 Å². The van der Waals surface area contributed by atoms with E-state index in [1.54, 1.807) is 0 Å². The molecular weight excluding hydrogens is 226 g/mol. The van der Waals surface area contributed by atoms with Crippen LogP contribution in [0, 0.1) is 0 Å². The molecule has 0 bridgehead atoms. The van der Waals surface area contributed by atoms with E-state index >= 15 is 0 Å². The summed E-state index contributed by atoms with van der Waals surface area (Å²) in [5.74, 6) is 0.0794. The Kier molecular flexibility index (Phi) is 3.68. The summed E-state index contributed by atoms with van der Waals surface area (Å²) in [6, 6.07) is 6.65. The lowest BCUT2D eigenvalue weighted by atomic mass is 9.97. The van der Waals surface area contributed by atoms with Crippen molar-refractivity contribution in [3.8, 4) is 0 Å². The first-order chi connectivity index (χ1) is 8.47. The van der Waals surface area contributed by atoms with Crippen LogP contribution in [0.2, 0.25) is 0 Å². The van der Waals surface area contributed by atoms with Crippen LogP contribution in [0.1, 0.15) is 30.5 Å². The van der Waals surface area contributed by atoms with E-state index in [1.807, 2.05) is 13.0 Å². The summed E-state index contributed by atoms with van der Waals surface area (Å²) in [5.41, 5.74) is 9.18. The lowest BCUT2D eigenvalue weighted by molar-refractivity contribution is -0.115. The van der Waals surface area contributed by atoms with Crippen LogP contribution in [0.3, 0.4) is 0 Å². The van der Waals surface area contributed by atoms with E-state index in [0.717, 1.165) is 17.7 Å². The molecule has 0 spiro atoms. The molecule has 0 aliphatic carbocycles. The van der Waals surface area contributed by atoms with Crippen LogP contribution in [0.5, 0.6) is 0 Å². The Morgan fingerprint density at radius 1 is 1.44 bits per heavy atom. The Hall–Kier alpha value is -1.39. The minimum absolute atomic E-state index is 0.0794. The predicted molar refractivity (Wildman–Crippen MR) is 73.5 cm³/mol. The van der Waals surface area contributed by atoms with Crippen LogP contribution >= 0.6 is 0 Å². The quantitative estimate of drug-likeness (QED) is 0.848. The highest BCUT2D eigenvalue weighted by molar-refractivity contribution is 5.99. The average Bonchev–Trinajstić information content (AvgIpc) is 2.64. The first kappa shape index (κ1) is 13.1. The average molecular weight is 247 g/mol. The maximum absolute atomic E-state index is 11.4. The molecule has 0 saturated heterocycles. The molecule has 0 saturated carbocycles. The minimum Gasteiger partial charge on any atom is -0.328 e. The largest absolute Gasteiger partial charge is 0.328 e. The zero-order valence-electron chi connectivity index (χ0n) is 11.2. The van der Waals surface area contributed by atoms with Gasteiger partial charge in [-0.1, -0.05) is 12.1 Å². The van der Waals surface area contributed by atoms with E-state index < -0.39 is 0 Å². The number of nitrogens with one attached hydrogen (secondary N) is 1. The summed E-state index contributed by atoms with van der Waals surface area (Å²) in [6.07, 6.45) is 1.40. The third-order valence-corrected chi connectivity index (χ3v) is 3.36. The van der Waals surface area contributed by atoms with Gasteiger partial charge in [-0.3, -0.25) is 4.79 Å². The predicted octanol–water partition coefficient (Wildman–Crippen LogP) is 1.52. The Morgan fingerprint density at radius 3 is 2.78 bits per heavy atom. The van der Waals surface area contributed by atoms with E-state index in [0.29, 0.717) is 12.5 Å². The van der Waals surface area contributed by atoms with Crippen molar-refractivity contribution in [3.05, 3.63) is 29.3 Å². The minimum atomic E-state index is 0.0794. The molecule has 1 aromatic carbocycles. The monoisotopic (exact) mass is 247 g/mol. The molecule has 2 atom stereocenters. The first-order valence-corrected chi connectivity index (χ1v) is 6.32. The van der Waals surface area contributed by atoms with E-state index in [9.17, 15) is 4.79 Å². The Balaban J connectivity index is 2.27. The third-order valence-electron chi connectivity index (χ3n) is 3.36. The zero-order valence-corrected chi connectivity index (χ0v) is 11.2. The summed E-state index contributed by atoms with van der Waals surface area (Å²) in [7, 11) is 4.12. The number of hydrogen-bond donors (Lipinski definition) is 2. The number of amides is 1. The lowest BCUT2D eigenvalue weighted by Gasteiger charge is -2.26. The maximum atomic E-state index is 11.4. The van der Waals surface area contributed by atoms with Crippen molar-refractivity contribution in [2.75, 3.05) is 19.4 Å². The number of fused-ring (bicyclic) bond motifs is 1. The van der Waals surface area contributed by atoms with Crippen molar-refractivity contribution in [2.45, 2.75) is 31.8 Å². The number of benzene rings is 1. The molecule has 0 radical (unpaired) electrons. The van der Waals surface area contributed by atoms with E-state index in [4.69, 9.17) is 5.73 Å². The molecular formula is C14H21N3O. The molecule has 1 aliphatic rings. The fourth-order valence-electron chi connectivity index (χ4n) is 2.45. The normalized spacial score (nSPS) is 17.5. The van der Waals surface area contributed by atoms with Gasteiger partial charge in [0.25, 0.3) is 0 Å².